The van der Waals surface area contributed by atoms with Gasteiger partial charge in [0.05, 0.1) is 6.04 Å². The van der Waals surface area contributed by atoms with Gasteiger partial charge < -0.3 is 5.73 Å². The second kappa shape index (κ2) is 5.24. The first-order valence-electron chi connectivity index (χ1n) is 8.27. The van der Waals surface area contributed by atoms with Crippen LogP contribution in [0, 0.1) is 0 Å². The molecule has 22 heavy (non-hydrogen) atoms. The average Bonchev–Trinajstić information content (AvgIpc) is 2.52. The van der Waals surface area contributed by atoms with E-state index in [1.165, 1.54) is 35.1 Å². The zero-order valence-corrected chi connectivity index (χ0v) is 14.2. The van der Waals surface area contributed by atoms with Crippen molar-refractivity contribution in [1.82, 2.24) is 0 Å². The van der Waals surface area contributed by atoms with Crippen molar-refractivity contribution in [3.63, 3.8) is 0 Å². The van der Waals surface area contributed by atoms with E-state index in [2.05, 4.69) is 70.2 Å². The van der Waals surface area contributed by atoms with Crippen LogP contribution in [0.3, 0.4) is 0 Å². The molecule has 0 aliphatic heterocycles. The smallest absolute Gasteiger partial charge is 0.0551 e. The molecule has 1 heteroatoms. The Morgan fingerprint density at radius 3 is 2.00 bits per heavy atom. The second-order valence-corrected chi connectivity index (χ2v) is 7.96. The molecule has 0 saturated carbocycles. The maximum Gasteiger partial charge on any atom is 0.0551 e. The molecule has 0 heterocycles. The predicted molar refractivity (Wildman–Crippen MR) is 94.2 cm³/mol. The lowest BCUT2D eigenvalue weighted by Gasteiger charge is -2.42. The summed E-state index contributed by atoms with van der Waals surface area (Å²) in [5.41, 5.74) is 12.4. The highest BCUT2D eigenvalue weighted by atomic mass is 14.6. The maximum absolute atomic E-state index is 6.51. The summed E-state index contributed by atoms with van der Waals surface area (Å²) in [5, 5.41) is 0. The molecule has 0 radical (unpaired) electrons. The lowest BCUT2D eigenvalue weighted by Crippen LogP contribution is -2.34. The average molecular weight is 293 g/mol. The Labute approximate surface area is 134 Å². The van der Waals surface area contributed by atoms with Crippen LogP contribution in [-0.2, 0) is 10.8 Å². The van der Waals surface area contributed by atoms with Crippen LogP contribution in [0.25, 0.3) is 0 Å². The fourth-order valence-corrected chi connectivity index (χ4v) is 3.65. The van der Waals surface area contributed by atoms with Gasteiger partial charge in [0.2, 0.25) is 0 Å². The van der Waals surface area contributed by atoms with E-state index in [4.69, 9.17) is 5.73 Å². The van der Waals surface area contributed by atoms with Crippen molar-refractivity contribution in [1.29, 1.82) is 0 Å². The van der Waals surface area contributed by atoms with Crippen LogP contribution >= 0.6 is 0 Å². The second-order valence-electron chi connectivity index (χ2n) is 7.96. The fraction of sp³-hybridized carbons (Fsp3) is 0.429. The molecule has 0 bridgehead atoms. The van der Waals surface area contributed by atoms with Gasteiger partial charge in [-0.2, -0.15) is 0 Å². The topological polar surface area (TPSA) is 26.0 Å². The molecule has 2 aromatic rings. The Bertz CT molecular complexity index is 668. The van der Waals surface area contributed by atoms with Crippen molar-refractivity contribution >= 4 is 0 Å². The van der Waals surface area contributed by atoms with Crippen molar-refractivity contribution in [2.24, 2.45) is 5.73 Å². The lowest BCUT2D eigenvalue weighted by molar-refractivity contribution is 0.331. The van der Waals surface area contributed by atoms with E-state index >= 15 is 0 Å². The zero-order chi connectivity index (χ0) is 16.0. The summed E-state index contributed by atoms with van der Waals surface area (Å²) in [4.78, 5) is 0. The third kappa shape index (κ3) is 2.59. The molecule has 1 nitrogen and oxygen atoms in total. The summed E-state index contributed by atoms with van der Waals surface area (Å²) in [6, 6.07) is 17.2. The lowest BCUT2D eigenvalue weighted by atomic mass is 9.63. The number of fused-ring (bicyclic) bond motifs is 1. The van der Waals surface area contributed by atoms with Crippen LogP contribution in [0.2, 0.25) is 0 Å². The molecule has 2 aromatic carbocycles. The highest BCUT2D eigenvalue weighted by Crippen LogP contribution is 2.46. The van der Waals surface area contributed by atoms with Crippen molar-refractivity contribution < 1.29 is 0 Å². The fourth-order valence-electron chi connectivity index (χ4n) is 3.65. The molecular weight excluding hydrogens is 266 g/mol. The summed E-state index contributed by atoms with van der Waals surface area (Å²) in [5.74, 6) is 0. The molecule has 0 spiro atoms. The summed E-state index contributed by atoms with van der Waals surface area (Å²) >= 11 is 0. The number of hydrogen-bond acceptors (Lipinski definition) is 1. The molecule has 2 N–H and O–H groups in total. The van der Waals surface area contributed by atoms with Crippen LogP contribution < -0.4 is 5.73 Å². The zero-order valence-electron chi connectivity index (χ0n) is 14.2. The van der Waals surface area contributed by atoms with Gasteiger partial charge in [-0.15, -0.1) is 0 Å². The Hall–Kier alpha value is -1.60. The number of nitrogens with two attached hydrogens (primary N) is 1. The van der Waals surface area contributed by atoms with E-state index in [1.807, 2.05) is 6.07 Å². The largest absolute Gasteiger partial charge is 0.320 e. The first-order chi connectivity index (χ1) is 10.3. The van der Waals surface area contributed by atoms with Gasteiger partial charge in [-0.1, -0.05) is 76.2 Å². The molecule has 1 aliphatic carbocycles. The molecule has 1 atom stereocenters. The van der Waals surface area contributed by atoms with Gasteiger partial charge in [0.25, 0.3) is 0 Å². The number of benzene rings is 2. The van der Waals surface area contributed by atoms with E-state index in [9.17, 15) is 0 Å². The first-order valence-corrected chi connectivity index (χ1v) is 8.27. The third-order valence-corrected chi connectivity index (χ3v) is 5.39. The quantitative estimate of drug-likeness (QED) is 0.820. The minimum absolute atomic E-state index is 0.0488. The molecule has 0 fully saturated rings. The van der Waals surface area contributed by atoms with Gasteiger partial charge in [-0.3, -0.25) is 0 Å². The molecule has 0 amide bonds. The van der Waals surface area contributed by atoms with Crippen LogP contribution in [-0.4, -0.2) is 0 Å². The molecule has 1 aliphatic rings. The van der Waals surface area contributed by atoms with Gasteiger partial charge in [-0.25, -0.2) is 0 Å². The molecule has 116 valence electrons. The number of rotatable bonds is 2. The van der Waals surface area contributed by atoms with E-state index in [0.29, 0.717) is 0 Å². The van der Waals surface area contributed by atoms with E-state index in [-0.39, 0.29) is 16.9 Å². The first kappa shape index (κ1) is 15.3. The molecular formula is C21H27N. The van der Waals surface area contributed by atoms with Gasteiger partial charge in [0.15, 0.2) is 0 Å². The number of hydrogen-bond donors (Lipinski definition) is 1. The minimum Gasteiger partial charge on any atom is -0.320 e. The minimum atomic E-state index is -0.0488. The van der Waals surface area contributed by atoms with Crippen LogP contribution in [0.4, 0.5) is 0 Å². The van der Waals surface area contributed by atoms with Gasteiger partial charge in [0.1, 0.15) is 0 Å². The monoisotopic (exact) mass is 293 g/mol. The Kier molecular flexibility index (Phi) is 3.65. The maximum atomic E-state index is 6.51. The van der Waals surface area contributed by atoms with E-state index < -0.39 is 0 Å². The van der Waals surface area contributed by atoms with Crippen LogP contribution in [0.15, 0.2) is 48.5 Å². The van der Waals surface area contributed by atoms with Crippen LogP contribution in [0.1, 0.15) is 68.8 Å². The third-order valence-electron chi connectivity index (χ3n) is 5.39. The molecule has 0 saturated heterocycles. The predicted octanol–water partition coefficient (Wildman–Crippen LogP) is 5.08. The highest BCUT2D eigenvalue weighted by Gasteiger charge is 2.37. The van der Waals surface area contributed by atoms with Crippen molar-refractivity contribution in [3.05, 3.63) is 70.8 Å². The van der Waals surface area contributed by atoms with Crippen molar-refractivity contribution in [2.75, 3.05) is 0 Å². The summed E-state index contributed by atoms with van der Waals surface area (Å²) in [7, 11) is 0. The van der Waals surface area contributed by atoms with Crippen molar-refractivity contribution in [3.8, 4) is 0 Å². The SMILES string of the molecule is CC1(C)CCC(C)(C)c2cc(C(N)c3ccccc3)ccc21. The summed E-state index contributed by atoms with van der Waals surface area (Å²) in [6.45, 7) is 9.44. The molecule has 0 aromatic heterocycles. The highest BCUT2D eigenvalue weighted by molar-refractivity contribution is 5.45. The Balaban J connectivity index is 2.07. The standard InChI is InChI=1S/C21H27N/c1-20(2)12-13-21(3,4)18-14-16(10-11-17(18)20)19(22)15-8-6-5-7-9-15/h5-11,14,19H,12-13,22H2,1-4H3. The van der Waals surface area contributed by atoms with Gasteiger partial charge in [-0.05, 0) is 45.9 Å². The van der Waals surface area contributed by atoms with Crippen molar-refractivity contribution in [2.45, 2.75) is 57.4 Å². The van der Waals surface area contributed by atoms with Gasteiger partial charge in [0, 0.05) is 0 Å². The molecule has 3 rings (SSSR count). The Morgan fingerprint density at radius 2 is 1.36 bits per heavy atom. The normalized spacial score (nSPS) is 20.2. The molecule has 1 unspecified atom stereocenters. The van der Waals surface area contributed by atoms with E-state index in [0.717, 1.165) is 0 Å². The summed E-state index contributed by atoms with van der Waals surface area (Å²) in [6.07, 6.45) is 2.48. The van der Waals surface area contributed by atoms with E-state index in [1.54, 1.807) is 0 Å². The van der Waals surface area contributed by atoms with Gasteiger partial charge >= 0.3 is 0 Å². The Morgan fingerprint density at radius 1 is 0.773 bits per heavy atom. The summed E-state index contributed by atoms with van der Waals surface area (Å²) < 4.78 is 0. The van der Waals surface area contributed by atoms with Crippen LogP contribution in [0.5, 0.6) is 0 Å².